The van der Waals surface area contributed by atoms with E-state index in [1.807, 2.05) is 0 Å². The summed E-state index contributed by atoms with van der Waals surface area (Å²) in [6.07, 6.45) is 2.30. The second kappa shape index (κ2) is 2.03. The molecule has 0 saturated heterocycles. The topological polar surface area (TPSA) is 35.2 Å². The molecular formula is C7H13NO. The van der Waals surface area contributed by atoms with Crippen LogP contribution in [0.15, 0.2) is 12.3 Å². The van der Waals surface area contributed by atoms with Crippen LogP contribution in [0.4, 0.5) is 0 Å². The van der Waals surface area contributed by atoms with Gasteiger partial charge in [-0.25, -0.2) is 0 Å². The smallest absolute Gasteiger partial charge is 0.0958 e. The molecule has 1 aliphatic carbocycles. The molecule has 0 unspecified atom stereocenters. The highest BCUT2D eigenvalue weighted by atomic mass is 16.5. The highest BCUT2D eigenvalue weighted by molar-refractivity contribution is 5.13. The summed E-state index contributed by atoms with van der Waals surface area (Å²) in [4.78, 5) is 0. The Morgan fingerprint density at radius 1 is 1.78 bits per heavy atom. The van der Waals surface area contributed by atoms with E-state index in [9.17, 15) is 0 Å². The first-order valence-corrected chi connectivity index (χ1v) is 3.18. The Labute approximate surface area is 55.7 Å². The lowest BCUT2D eigenvalue weighted by Crippen LogP contribution is -2.17. The molecule has 0 atom stereocenters. The molecule has 2 nitrogen and oxygen atoms in total. The maximum Gasteiger partial charge on any atom is 0.0958 e. The van der Waals surface area contributed by atoms with Gasteiger partial charge in [-0.15, -0.1) is 0 Å². The summed E-state index contributed by atoms with van der Waals surface area (Å²) in [5.41, 5.74) is 5.67. The third kappa shape index (κ3) is 0.944. The van der Waals surface area contributed by atoms with Crippen molar-refractivity contribution in [1.29, 1.82) is 0 Å². The van der Waals surface area contributed by atoms with E-state index in [2.05, 4.69) is 6.58 Å². The zero-order valence-corrected chi connectivity index (χ0v) is 5.81. The normalized spacial score (nSPS) is 21.1. The molecule has 0 aromatic carbocycles. The molecule has 1 rings (SSSR count). The summed E-state index contributed by atoms with van der Waals surface area (Å²) in [6, 6.07) is 0. The van der Waals surface area contributed by atoms with E-state index in [1.54, 1.807) is 7.11 Å². The Kier molecular flexibility index (Phi) is 1.49. The number of rotatable bonds is 3. The zero-order valence-electron chi connectivity index (χ0n) is 5.81. The van der Waals surface area contributed by atoms with Crippen LogP contribution < -0.4 is 5.73 Å². The fourth-order valence-corrected chi connectivity index (χ4v) is 0.964. The first-order chi connectivity index (χ1) is 4.25. The van der Waals surface area contributed by atoms with E-state index in [0.29, 0.717) is 6.54 Å². The summed E-state index contributed by atoms with van der Waals surface area (Å²) < 4.78 is 4.99. The summed E-state index contributed by atoms with van der Waals surface area (Å²) in [5, 5.41) is 0. The average Bonchev–Trinajstić information content (AvgIpc) is 2.66. The number of methoxy groups -OCH3 is 1. The highest BCUT2D eigenvalue weighted by Crippen LogP contribution is 2.50. The lowest BCUT2D eigenvalue weighted by Gasteiger charge is -2.13. The van der Waals surface area contributed by atoms with Gasteiger partial charge in [-0.1, -0.05) is 6.58 Å². The SMILES string of the molecule is C=C(OC)C1(CN)CC1. The molecule has 9 heavy (non-hydrogen) atoms. The van der Waals surface area contributed by atoms with E-state index in [4.69, 9.17) is 10.5 Å². The molecule has 2 N–H and O–H groups in total. The Bertz CT molecular complexity index is 127. The number of nitrogens with two attached hydrogens (primary N) is 1. The van der Waals surface area contributed by atoms with Crippen molar-refractivity contribution in [3.05, 3.63) is 12.3 Å². The van der Waals surface area contributed by atoms with E-state index >= 15 is 0 Å². The van der Waals surface area contributed by atoms with Gasteiger partial charge in [0.1, 0.15) is 0 Å². The van der Waals surface area contributed by atoms with Gasteiger partial charge in [-0.2, -0.15) is 0 Å². The molecule has 2 heteroatoms. The Morgan fingerprint density at radius 3 is 2.44 bits per heavy atom. The second-order valence-corrected chi connectivity index (χ2v) is 2.61. The monoisotopic (exact) mass is 127 g/mol. The third-order valence-electron chi connectivity index (χ3n) is 2.08. The molecule has 0 aromatic heterocycles. The van der Waals surface area contributed by atoms with Crippen molar-refractivity contribution in [3.63, 3.8) is 0 Å². The highest BCUT2D eigenvalue weighted by Gasteiger charge is 2.45. The summed E-state index contributed by atoms with van der Waals surface area (Å²) in [6.45, 7) is 4.46. The molecular weight excluding hydrogens is 114 g/mol. The van der Waals surface area contributed by atoms with Crippen LogP contribution in [-0.2, 0) is 4.74 Å². The predicted molar refractivity (Wildman–Crippen MR) is 36.9 cm³/mol. The number of hydrogen-bond donors (Lipinski definition) is 1. The largest absolute Gasteiger partial charge is 0.501 e. The Balaban J connectivity index is 2.49. The lowest BCUT2D eigenvalue weighted by atomic mass is 10.1. The van der Waals surface area contributed by atoms with Crippen LogP contribution in [0.25, 0.3) is 0 Å². The minimum atomic E-state index is 0.161. The molecule has 1 saturated carbocycles. The number of hydrogen-bond acceptors (Lipinski definition) is 2. The molecule has 0 heterocycles. The molecule has 0 aliphatic heterocycles. The zero-order chi connectivity index (χ0) is 6.91. The van der Waals surface area contributed by atoms with Crippen molar-refractivity contribution in [3.8, 4) is 0 Å². The van der Waals surface area contributed by atoms with Crippen LogP contribution in [0, 0.1) is 5.41 Å². The quantitative estimate of drug-likeness (QED) is 0.571. The Morgan fingerprint density at radius 2 is 2.33 bits per heavy atom. The van der Waals surface area contributed by atoms with Crippen LogP contribution in [0.3, 0.4) is 0 Å². The molecule has 0 amide bonds. The average molecular weight is 127 g/mol. The summed E-state index contributed by atoms with van der Waals surface area (Å²) in [5.74, 6) is 0.852. The molecule has 52 valence electrons. The van der Waals surface area contributed by atoms with E-state index in [1.165, 1.54) is 0 Å². The predicted octanol–water partition coefficient (Wildman–Crippen LogP) is 0.885. The van der Waals surface area contributed by atoms with Gasteiger partial charge < -0.3 is 10.5 Å². The van der Waals surface area contributed by atoms with Gasteiger partial charge in [0.05, 0.1) is 12.9 Å². The van der Waals surface area contributed by atoms with Crippen LogP contribution in [0.2, 0.25) is 0 Å². The van der Waals surface area contributed by atoms with E-state index in [-0.39, 0.29) is 5.41 Å². The van der Waals surface area contributed by atoms with Crippen molar-refractivity contribution in [2.24, 2.45) is 11.1 Å². The molecule has 1 aliphatic rings. The van der Waals surface area contributed by atoms with Gasteiger partial charge in [0.2, 0.25) is 0 Å². The first-order valence-electron chi connectivity index (χ1n) is 3.18. The molecule has 0 radical (unpaired) electrons. The maximum atomic E-state index is 5.50. The molecule has 0 aromatic rings. The second-order valence-electron chi connectivity index (χ2n) is 2.61. The maximum absolute atomic E-state index is 5.50. The van der Waals surface area contributed by atoms with Crippen molar-refractivity contribution >= 4 is 0 Å². The van der Waals surface area contributed by atoms with Gasteiger partial charge in [-0.3, -0.25) is 0 Å². The van der Waals surface area contributed by atoms with Crippen molar-refractivity contribution in [2.75, 3.05) is 13.7 Å². The lowest BCUT2D eigenvalue weighted by molar-refractivity contribution is 0.236. The van der Waals surface area contributed by atoms with E-state index < -0.39 is 0 Å². The van der Waals surface area contributed by atoms with Crippen molar-refractivity contribution in [1.82, 2.24) is 0 Å². The van der Waals surface area contributed by atoms with Gasteiger partial charge in [-0.05, 0) is 12.8 Å². The van der Waals surface area contributed by atoms with Crippen LogP contribution in [0.5, 0.6) is 0 Å². The van der Waals surface area contributed by atoms with Crippen molar-refractivity contribution in [2.45, 2.75) is 12.8 Å². The summed E-state index contributed by atoms with van der Waals surface area (Å²) in [7, 11) is 1.65. The number of ether oxygens (including phenoxy) is 1. The Hall–Kier alpha value is -0.500. The molecule has 0 bridgehead atoms. The van der Waals surface area contributed by atoms with Crippen LogP contribution >= 0.6 is 0 Å². The fourth-order valence-electron chi connectivity index (χ4n) is 0.964. The van der Waals surface area contributed by atoms with Crippen LogP contribution in [0.1, 0.15) is 12.8 Å². The van der Waals surface area contributed by atoms with Gasteiger partial charge in [0.25, 0.3) is 0 Å². The fraction of sp³-hybridized carbons (Fsp3) is 0.714. The van der Waals surface area contributed by atoms with Gasteiger partial charge in [0.15, 0.2) is 0 Å². The molecule has 0 spiro atoms. The standard InChI is InChI=1S/C7H13NO/c1-6(9-2)7(5-8)3-4-7/h1,3-5,8H2,2H3. The van der Waals surface area contributed by atoms with Crippen LogP contribution in [-0.4, -0.2) is 13.7 Å². The van der Waals surface area contributed by atoms with Gasteiger partial charge >= 0.3 is 0 Å². The molecule has 1 fully saturated rings. The van der Waals surface area contributed by atoms with E-state index in [0.717, 1.165) is 18.6 Å². The minimum absolute atomic E-state index is 0.161. The third-order valence-corrected chi connectivity index (χ3v) is 2.08. The minimum Gasteiger partial charge on any atom is -0.501 e. The first kappa shape index (κ1) is 6.62. The summed E-state index contributed by atoms with van der Waals surface area (Å²) >= 11 is 0. The van der Waals surface area contributed by atoms with Gasteiger partial charge in [0, 0.05) is 12.0 Å². The van der Waals surface area contributed by atoms with Crippen molar-refractivity contribution < 1.29 is 4.74 Å².